The molecule has 0 radical (unpaired) electrons. The van der Waals surface area contributed by atoms with Crippen molar-refractivity contribution in [3.63, 3.8) is 0 Å². The maximum atomic E-state index is 13.4. The number of hydrogen-bond donors (Lipinski definition) is 1. The second-order valence-electron chi connectivity index (χ2n) is 4.69. The van der Waals surface area contributed by atoms with Crippen LogP contribution < -0.4 is 10.1 Å². The molecule has 3 nitrogen and oxygen atoms in total. The summed E-state index contributed by atoms with van der Waals surface area (Å²) in [6.07, 6.45) is 1.56. The summed E-state index contributed by atoms with van der Waals surface area (Å²) in [7, 11) is 1.52. The van der Waals surface area contributed by atoms with Crippen molar-refractivity contribution in [1.82, 2.24) is 5.32 Å². The molecule has 0 bridgehead atoms. The first-order chi connectivity index (χ1) is 9.45. The van der Waals surface area contributed by atoms with Gasteiger partial charge in [0.1, 0.15) is 12.1 Å². The Morgan fingerprint density at radius 2 is 1.85 bits per heavy atom. The third kappa shape index (κ3) is 2.43. The lowest BCUT2D eigenvalue weighted by Gasteiger charge is -2.26. The van der Waals surface area contributed by atoms with Gasteiger partial charge in [-0.15, -0.1) is 0 Å². The minimum atomic E-state index is -1.61. The van der Waals surface area contributed by atoms with Gasteiger partial charge in [-0.25, -0.2) is 8.78 Å². The minimum Gasteiger partial charge on any atom is -0.484 e. The van der Waals surface area contributed by atoms with E-state index in [9.17, 15) is 22.8 Å². The van der Waals surface area contributed by atoms with Crippen molar-refractivity contribution in [1.29, 1.82) is 5.26 Å². The molecule has 108 valence electrons. The quantitative estimate of drug-likeness (QED) is 0.669. The van der Waals surface area contributed by atoms with Crippen LogP contribution in [0.1, 0.15) is 12.8 Å². The fraction of sp³-hybridized carbons (Fsp3) is 0.462. The molecule has 1 fully saturated rings. The van der Waals surface area contributed by atoms with E-state index in [4.69, 9.17) is 4.74 Å². The van der Waals surface area contributed by atoms with E-state index in [0.717, 1.165) is 12.8 Å². The molecule has 20 heavy (non-hydrogen) atoms. The maximum absolute atomic E-state index is 13.4. The van der Waals surface area contributed by atoms with Gasteiger partial charge in [0.15, 0.2) is 17.4 Å². The Morgan fingerprint density at radius 3 is 2.25 bits per heavy atom. The summed E-state index contributed by atoms with van der Waals surface area (Å²) in [6, 6.07) is 2.10. The highest BCUT2D eigenvalue weighted by atomic mass is 19.2. The summed E-state index contributed by atoms with van der Waals surface area (Å²) >= 11 is 0. The normalized spacial score (nSPS) is 17.4. The number of benzene rings is 1. The Labute approximate surface area is 113 Å². The lowest BCUT2D eigenvalue weighted by atomic mass is 9.96. The molecule has 1 aliphatic rings. The van der Waals surface area contributed by atoms with Crippen LogP contribution in [-0.2, 0) is 0 Å². The molecule has 1 aliphatic carbocycles. The van der Waals surface area contributed by atoms with Crippen LogP contribution in [0.2, 0.25) is 0 Å². The van der Waals surface area contributed by atoms with Crippen LogP contribution in [0.5, 0.6) is 5.75 Å². The Balaban J connectivity index is 2.25. The monoisotopic (exact) mass is 288 g/mol. The van der Waals surface area contributed by atoms with E-state index < -0.39 is 41.2 Å². The van der Waals surface area contributed by atoms with Gasteiger partial charge < -0.3 is 4.74 Å². The smallest absolute Gasteiger partial charge is 0.203 e. The van der Waals surface area contributed by atoms with E-state index in [-0.39, 0.29) is 12.0 Å². The van der Waals surface area contributed by atoms with Crippen LogP contribution in [0, 0.1) is 40.5 Å². The van der Waals surface area contributed by atoms with E-state index in [2.05, 4.69) is 5.32 Å². The number of hydrogen-bond acceptors (Lipinski definition) is 3. The molecule has 0 aromatic heterocycles. The summed E-state index contributed by atoms with van der Waals surface area (Å²) in [5, 5.41) is 11.9. The first kappa shape index (κ1) is 14.6. The van der Waals surface area contributed by atoms with Gasteiger partial charge in [-0.2, -0.15) is 14.0 Å². The molecular weight excluding hydrogens is 276 g/mol. The topological polar surface area (TPSA) is 45.0 Å². The van der Waals surface area contributed by atoms with Crippen molar-refractivity contribution in [2.75, 3.05) is 13.7 Å². The number of halogens is 4. The summed E-state index contributed by atoms with van der Waals surface area (Å²) in [4.78, 5) is 0. The van der Waals surface area contributed by atoms with Gasteiger partial charge in [-0.3, -0.25) is 5.32 Å². The van der Waals surface area contributed by atoms with Crippen LogP contribution in [0.15, 0.2) is 6.07 Å². The summed E-state index contributed by atoms with van der Waals surface area (Å²) < 4.78 is 57.8. The summed E-state index contributed by atoms with van der Waals surface area (Å²) in [5.41, 5.74) is -1.12. The summed E-state index contributed by atoms with van der Waals surface area (Å²) in [5.74, 6) is -7.46. The van der Waals surface area contributed by atoms with Crippen LogP contribution in [-0.4, -0.2) is 19.2 Å². The molecular formula is C13H12F4N2O. The van der Waals surface area contributed by atoms with Gasteiger partial charge >= 0.3 is 0 Å². The third-order valence-electron chi connectivity index (χ3n) is 3.44. The van der Waals surface area contributed by atoms with Crippen LogP contribution in [0.4, 0.5) is 17.6 Å². The second kappa shape index (κ2) is 5.29. The molecule has 0 heterocycles. The average Bonchev–Trinajstić information content (AvgIpc) is 3.26. The van der Waals surface area contributed by atoms with Crippen LogP contribution >= 0.6 is 0 Å². The van der Waals surface area contributed by atoms with Crippen molar-refractivity contribution in [2.24, 2.45) is 5.92 Å². The van der Waals surface area contributed by atoms with E-state index in [1.165, 1.54) is 7.05 Å². The first-order valence-electron chi connectivity index (χ1n) is 6.01. The van der Waals surface area contributed by atoms with Gasteiger partial charge in [0.05, 0.1) is 6.07 Å². The lowest BCUT2D eigenvalue weighted by Crippen LogP contribution is -2.49. The van der Waals surface area contributed by atoms with E-state index >= 15 is 0 Å². The molecule has 1 unspecified atom stereocenters. The van der Waals surface area contributed by atoms with E-state index in [0.29, 0.717) is 0 Å². The molecule has 0 amide bonds. The van der Waals surface area contributed by atoms with Gasteiger partial charge in [0.2, 0.25) is 11.6 Å². The number of rotatable bonds is 5. The Kier molecular flexibility index (Phi) is 3.86. The van der Waals surface area contributed by atoms with Crippen LogP contribution in [0.3, 0.4) is 0 Å². The number of likely N-dealkylation sites (N-methyl/N-ethyl adjacent to an activating group) is 1. The van der Waals surface area contributed by atoms with Crippen molar-refractivity contribution in [3.05, 3.63) is 29.3 Å². The first-order valence-corrected chi connectivity index (χ1v) is 6.01. The van der Waals surface area contributed by atoms with Gasteiger partial charge in [-0.05, 0) is 25.8 Å². The van der Waals surface area contributed by atoms with Crippen molar-refractivity contribution >= 4 is 0 Å². The fourth-order valence-corrected chi connectivity index (χ4v) is 2.01. The van der Waals surface area contributed by atoms with Crippen molar-refractivity contribution < 1.29 is 22.3 Å². The number of ether oxygens (including phenoxy) is 1. The second-order valence-corrected chi connectivity index (χ2v) is 4.69. The lowest BCUT2D eigenvalue weighted by molar-refractivity contribution is 0.192. The molecule has 7 heteroatoms. The standard InChI is InChI=1S/C13H12F4N2O/c1-19-13(5-18,7-2-3-7)6-20-12-10(16)8(14)4-9(15)11(12)17/h4,7,19H,2-3,6H2,1H3. The highest BCUT2D eigenvalue weighted by Gasteiger charge is 2.46. The van der Waals surface area contributed by atoms with Crippen molar-refractivity contribution in [2.45, 2.75) is 18.4 Å². The van der Waals surface area contributed by atoms with Gasteiger partial charge in [0.25, 0.3) is 0 Å². The largest absolute Gasteiger partial charge is 0.484 e. The molecule has 0 spiro atoms. The summed E-state index contributed by atoms with van der Waals surface area (Å²) in [6.45, 7) is -0.401. The molecule has 1 N–H and O–H groups in total. The van der Waals surface area contributed by atoms with E-state index in [1.54, 1.807) is 0 Å². The molecule has 1 aromatic rings. The molecule has 1 aromatic carbocycles. The predicted octanol–water partition coefficient (Wildman–Crippen LogP) is 2.51. The SMILES string of the molecule is CNC(C#N)(COc1c(F)c(F)cc(F)c1F)C1CC1. The van der Waals surface area contributed by atoms with E-state index in [1.807, 2.05) is 6.07 Å². The molecule has 0 aliphatic heterocycles. The zero-order valence-corrected chi connectivity index (χ0v) is 10.6. The average molecular weight is 288 g/mol. The Bertz CT molecular complexity index is 542. The predicted molar refractivity (Wildman–Crippen MR) is 61.9 cm³/mol. The van der Waals surface area contributed by atoms with Gasteiger partial charge in [0, 0.05) is 6.07 Å². The Morgan fingerprint density at radius 1 is 1.30 bits per heavy atom. The molecule has 1 saturated carbocycles. The zero-order valence-electron chi connectivity index (χ0n) is 10.6. The Hall–Kier alpha value is -1.81. The zero-order chi connectivity index (χ0) is 14.9. The number of nitriles is 1. The number of nitrogens with zero attached hydrogens (tertiary/aromatic N) is 1. The third-order valence-corrected chi connectivity index (χ3v) is 3.44. The molecule has 0 saturated heterocycles. The van der Waals surface area contributed by atoms with Crippen LogP contribution in [0.25, 0.3) is 0 Å². The minimum absolute atomic E-state index is 0.0120. The maximum Gasteiger partial charge on any atom is 0.203 e. The molecule has 2 rings (SSSR count). The highest BCUT2D eigenvalue weighted by molar-refractivity contribution is 5.29. The fourth-order valence-electron chi connectivity index (χ4n) is 2.01. The van der Waals surface area contributed by atoms with Crippen molar-refractivity contribution in [3.8, 4) is 11.8 Å². The van der Waals surface area contributed by atoms with Gasteiger partial charge in [-0.1, -0.05) is 0 Å². The number of nitrogens with one attached hydrogen (secondary N) is 1. The highest BCUT2D eigenvalue weighted by Crippen LogP contribution is 2.40. The molecule has 1 atom stereocenters.